The molecule has 88 valence electrons. The van der Waals surface area contributed by atoms with Gasteiger partial charge in [-0.05, 0) is 37.6 Å². The van der Waals surface area contributed by atoms with Crippen LogP contribution in [0, 0.1) is 0 Å². The van der Waals surface area contributed by atoms with Crippen LogP contribution < -0.4 is 10.5 Å². The van der Waals surface area contributed by atoms with E-state index < -0.39 is 0 Å². The lowest BCUT2D eigenvalue weighted by molar-refractivity contribution is 0.242. The van der Waals surface area contributed by atoms with Crippen molar-refractivity contribution in [1.82, 2.24) is 4.98 Å². The molecule has 0 atom stereocenters. The fourth-order valence-corrected chi connectivity index (χ4v) is 1.63. The van der Waals surface area contributed by atoms with Gasteiger partial charge in [-0.25, -0.2) is 0 Å². The van der Waals surface area contributed by atoms with Gasteiger partial charge in [-0.2, -0.15) is 0 Å². The molecule has 3 nitrogen and oxygen atoms in total. The molecule has 0 spiro atoms. The van der Waals surface area contributed by atoms with E-state index in [1.54, 1.807) is 18.5 Å². The summed E-state index contributed by atoms with van der Waals surface area (Å²) >= 11 is 0. The minimum absolute atomic E-state index is 0.185. The van der Waals surface area contributed by atoms with E-state index in [4.69, 9.17) is 10.5 Å². The Hall–Kier alpha value is -2.03. The molecule has 0 radical (unpaired) electrons. The lowest BCUT2D eigenvalue weighted by Gasteiger charge is -2.10. The SMILES string of the molecule is CC(C)Oc1ccc(-c2cnccc2N)cc1. The fraction of sp³-hybridized carbons (Fsp3) is 0.214. The zero-order valence-electron chi connectivity index (χ0n) is 10.1. The van der Waals surface area contributed by atoms with Crippen LogP contribution in [0.4, 0.5) is 5.69 Å². The van der Waals surface area contributed by atoms with Crippen molar-refractivity contribution in [3.63, 3.8) is 0 Å². The van der Waals surface area contributed by atoms with Crippen LogP contribution in [0.2, 0.25) is 0 Å². The lowest BCUT2D eigenvalue weighted by atomic mass is 10.1. The molecule has 0 unspecified atom stereocenters. The molecule has 0 aliphatic heterocycles. The molecule has 1 aromatic heterocycles. The van der Waals surface area contributed by atoms with E-state index in [1.807, 2.05) is 38.1 Å². The molecule has 0 bridgehead atoms. The molecule has 0 saturated carbocycles. The molecule has 0 aliphatic carbocycles. The van der Waals surface area contributed by atoms with Gasteiger partial charge in [-0.3, -0.25) is 4.98 Å². The van der Waals surface area contributed by atoms with Gasteiger partial charge in [0.25, 0.3) is 0 Å². The van der Waals surface area contributed by atoms with Gasteiger partial charge in [0.2, 0.25) is 0 Å². The number of benzene rings is 1. The smallest absolute Gasteiger partial charge is 0.119 e. The van der Waals surface area contributed by atoms with E-state index in [0.29, 0.717) is 0 Å². The zero-order valence-corrected chi connectivity index (χ0v) is 10.1. The van der Waals surface area contributed by atoms with Crippen LogP contribution in [0.5, 0.6) is 5.75 Å². The molecule has 0 aliphatic rings. The van der Waals surface area contributed by atoms with E-state index >= 15 is 0 Å². The van der Waals surface area contributed by atoms with Crippen molar-refractivity contribution in [3.05, 3.63) is 42.7 Å². The molecular weight excluding hydrogens is 212 g/mol. The Morgan fingerprint density at radius 1 is 1.12 bits per heavy atom. The predicted molar refractivity (Wildman–Crippen MR) is 69.8 cm³/mol. The number of hydrogen-bond acceptors (Lipinski definition) is 3. The zero-order chi connectivity index (χ0) is 12.3. The summed E-state index contributed by atoms with van der Waals surface area (Å²) in [5.41, 5.74) is 8.63. The van der Waals surface area contributed by atoms with Gasteiger partial charge in [-0.1, -0.05) is 12.1 Å². The van der Waals surface area contributed by atoms with Crippen LogP contribution in [0.1, 0.15) is 13.8 Å². The molecule has 0 amide bonds. The largest absolute Gasteiger partial charge is 0.491 e. The standard InChI is InChI=1S/C14H16N2O/c1-10(2)17-12-5-3-11(4-6-12)13-9-16-8-7-14(13)15/h3-10H,1-2H3,(H2,15,16). The van der Waals surface area contributed by atoms with Crippen LogP contribution in [-0.2, 0) is 0 Å². The molecular formula is C14H16N2O. The predicted octanol–water partition coefficient (Wildman–Crippen LogP) is 3.12. The van der Waals surface area contributed by atoms with Crippen LogP contribution in [0.25, 0.3) is 11.1 Å². The highest BCUT2D eigenvalue weighted by atomic mass is 16.5. The Bertz CT molecular complexity index is 492. The second-order valence-corrected chi connectivity index (χ2v) is 4.15. The second kappa shape index (κ2) is 4.87. The minimum atomic E-state index is 0.185. The maximum Gasteiger partial charge on any atom is 0.119 e. The normalized spacial score (nSPS) is 10.5. The first-order chi connectivity index (χ1) is 8.16. The average molecular weight is 228 g/mol. The highest BCUT2D eigenvalue weighted by molar-refractivity contribution is 5.75. The first kappa shape index (κ1) is 11.5. The summed E-state index contributed by atoms with van der Waals surface area (Å²) in [6, 6.07) is 9.67. The minimum Gasteiger partial charge on any atom is -0.491 e. The van der Waals surface area contributed by atoms with Gasteiger partial charge in [0.05, 0.1) is 6.10 Å². The highest BCUT2D eigenvalue weighted by Gasteiger charge is 2.03. The molecule has 17 heavy (non-hydrogen) atoms. The molecule has 2 aromatic rings. The van der Waals surface area contributed by atoms with Crippen molar-refractivity contribution >= 4 is 5.69 Å². The van der Waals surface area contributed by atoms with Crippen molar-refractivity contribution in [2.75, 3.05) is 5.73 Å². The summed E-state index contributed by atoms with van der Waals surface area (Å²) in [6.45, 7) is 4.01. The molecule has 0 saturated heterocycles. The third kappa shape index (κ3) is 2.75. The van der Waals surface area contributed by atoms with Crippen LogP contribution in [0.15, 0.2) is 42.7 Å². The maximum atomic E-state index is 5.90. The van der Waals surface area contributed by atoms with Crippen LogP contribution >= 0.6 is 0 Å². The van der Waals surface area contributed by atoms with Gasteiger partial charge in [0, 0.05) is 23.6 Å². The summed E-state index contributed by atoms with van der Waals surface area (Å²) in [7, 11) is 0. The molecule has 1 heterocycles. The summed E-state index contributed by atoms with van der Waals surface area (Å²) in [4.78, 5) is 4.08. The number of aromatic nitrogens is 1. The van der Waals surface area contributed by atoms with Gasteiger partial charge in [0.1, 0.15) is 5.75 Å². The second-order valence-electron chi connectivity index (χ2n) is 4.15. The Morgan fingerprint density at radius 2 is 1.82 bits per heavy atom. The Balaban J connectivity index is 2.27. The molecule has 3 heteroatoms. The van der Waals surface area contributed by atoms with E-state index in [1.165, 1.54) is 0 Å². The van der Waals surface area contributed by atoms with Gasteiger partial charge in [-0.15, -0.1) is 0 Å². The first-order valence-electron chi connectivity index (χ1n) is 5.63. The topological polar surface area (TPSA) is 48.1 Å². The Morgan fingerprint density at radius 3 is 2.41 bits per heavy atom. The van der Waals surface area contributed by atoms with Crippen molar-refractivity contribution in [3.8, 4) is 16.9 Å². The van der Waals surface area contributed by atoms with Crippen molar-refractivity contribution in [2.24, 2.45) is 0 Å². The molecule has 1 aromatic carbocycles. The Kier molecular flexibility index (Phi) is 3.28. The fourth-order valence-electron chi connectivity index (χ4n) is 1.63. The third-order valence-corrected chi connectivity index (χ3v) is 2.39. The van der Waals surface area contributed by atoms with Gasteiger partial charge in [0.15, 0.2) is 0 Å². The monoisotopic (exact) mass is 228 g/mol. The van der Waals surface area contributed by atoms with Crippen molar-refractivity contribution in [2.45, 2.75) is 20.0 Å². The van der Waals surface area contributed by atoms with E-state index in [0.717, 1.165) is 22.6 Å². The van der Waals surface area contributed by atoms with E-state index in [2.05, 4.69) is 4.98 Å². The lowest BCUT2D eigenvalue weighted by Crippen LogP contribution is -2.05. The van der Waals surface area contributed by atoms with Gasteiger partial charge < -0.3 is 10.5 Å². The number of ether oxygens (including phenoxy) is 1. The summed E-state index contributed by atoms with van der Waals surface area (Å²) < 4.78 is 5.59. The number of anilines is 1. The molecule has 0 fully saturated rings. The number of pyridine rings is 1. The number of nitrogens with two attached hydrogens (primary N) is 1. The highest BCUT2D eigenvalue weighted by Crippen LogP contribution is 2.26. The Labute approximate surface area is 101 Å². The average Bonchev–Trinajstić information content (AvgIpc) is 2.30. The van der Waals surface area contributed by atoms with Crippen LogP contribution in [-0.4, -0.2) is 11.1 Å². The summed E-state index contributed by atoms with van der Waals surface area (Å²) in [6.07, 6.45) is 3.65. The number of rotatable bonds is 3. The van der Waals surface area contributed by atoms with Crippen LogP contribution in [0.3, 0.4) is 0 Å². The number of hydrogen-bond donors (Lipinski definition) is 1. The van der Waals surface area contributed by atoms with E-state index in [-0.39, 0.29) is 6.10 Å². The molecule has 2 rings (SSSR count). The quantitative estimate of drug-likeness (QED) is 0.878. The first-order valence-corrected chi connectivity index (χ1v) is 5.63. The summed E-state index contributed by atoms with van der Waals surface area (Å²) in [5.74, 6) is 0.867. The number of nitrogen functional groups attached to an aromatic ring is 1. The number of nitrogens with zero attached hydrogens (tertiary/aromatic N) is 1. The maximum absolute atomic E-state index is 5.90. The van der Waals surface area contributed by atoms with Gasteiger partial charge >= 0.3 is 0 Å². The third-order valence-electron chi connectivity index (χ3n) is 2.39. The van der Waals surface area contributed by atoms with Crippen molar-refractivity contribution < 1.29 is 4.74 Å². The van der Waals surface area contributed by atoms with E-state index in [9.17, 15) is 0 Å². The molecule has 2 N–H and O–H groups in total. The van der Waals surface area contributed by atoms with Crippen molar-refractivity contribution in [1.29, 1.82) is 0 Å². The summed E-state index contributed by atoms with van der Waals surface area (Å²) in [5, 5.41) is 0.